The van der Waals surface area contributed by atoms with E-state index in [0.717, 1.165) is 12.1 Å². The molecule has 30 heavy (non-hydrogen) atoms. The average Bonchev–Trinajstić information content (AvgIpc) is 3.14. The van der Waals surface area contributed by atoms with E-state index in [4.69, 9.17) is 4.74 Å². The predicted molar refractivity (Wildman–Crippen MR) is 103 cm³/mol. The van der Waals surface area contributed by atoms with Crippen LogP contribution in [-0.4, -0.2) is 41.0 Å². The molecule has 2 aromatic carbocycles. The number of hydrogen-bond acceptors (Lipinski definition) is 5. The Balaban J connectivity index is 1.90. The summed E-state index contributed by atoms with van der Waals surface area (Å²) in [6, 6.07) is 8.72. The van der Waals surface area contributed by atoms with Crippen molar-refractivity contribution in [3.63, 3.8) is 0 Å². The lowest BCUT2D eigenvalue weighted by Gasteiger charge is -2.17. The Bertz CT molecular complexity index is 1100. The first kappa shape index (κ1) is 20.9. The number of nitrogens with zero attached hydrogens (tertiary/aromatic N) is 3. The van der Waals surface area contributed by atoms with Crippen molar-refractivity contribution in [2.45, 2.75) is 13.0 Å². The summed E-state index contributed by atoms with van der Waals surface area (Å²) in [5.74, 6) is -2.88. The Hall–Kier alpha value is -3.82. The number of methoxy groups -OCH3 is 1. The van der Waals surface area contributed by atoms with Crippen LogP contribution in [0.3, 0.4) is 0 Å². The number of benzene rings is 2. The van der Waals surface area contributed by atoms with Gasteiger partial charge in [0.1, 0.15) is 11.8 Å². The summed E-state index contributed by atoms with van der Waals surface area (Å²) in [4.78, 5) is 25.1. The van der Waals surface area contributed by atoms with Gasteiger partial charge in [-0.05, 0) is 36.8 Å². The maximum atomic E-state index is 13.6. The molecule has 1 unspecified atom stereocenters. The van der Waals surface area contributed by atoms with Crippen LogP contribution in [0.2, 0.25) is 0 Å². The lowest BCUT2D eigenvalue weighted by molar-refractivity contribution is -0.122. The van der Waals surface area contributed by atoms with Gasteiger partial charge < -0.3 is 15.4 Å². The molecule has 0 fully saturated rings. The quantitative estimate of drug-likeness (QED) is 0.642. The Kier molecular flexibility index (Phi) is 6.05. The van der Waals surface area contributed by atoms with E-state index < -0.39 is 29.5 Å². The minimum Gasteiger partial charge on any atom is -0.497 e. The van der Waals surface area contributed by atoms with Crippen LogP contribution in [-0.2, 0) is 4.79 Å². The highest BCUT2D eigenvalue weighted by Crippen LogP contribution is 2.20. The zero-order chi connectivity index (χ0) is 21.8. The van der Waals surface area contributed by atoms with Gasteiger partial charge >= 0.3 is 0 Å². The molecule has 3 aromatic rings. The van der Waals surface area contributed by atoms with Crippen molar-refractivity contribution in [2.75, 3.05) is 14.2 Å². The van der Waals surface area contributed by atoms with Gasteiger partial charge in [0.2, 0.25) is 5.91 Å². The fourth-order valence-corrected chi connectivity index (χ4v) is 2.86. The normalized spacial score (nSPS) is 11.6. The minimum atomic E-state index is -1.25. The zero-order valence-corrected chi connectivity index (χ0v) is 16.4. The van der Waals surface area contributed by atoms with Gasteiger partial charge in [-0.2, -0.15) is 0 Å². The van der Waals surface area contributed by atoms with Crippen molar-refractivity contribution in [2.24, 2.45) is 0 Å². The summed E-state index contributed by atoms with van der Waals surface area (Å²) in [7, 11) is 2.90. The first-order chi connectivity index (χ1) is 14.3. The van der Waals surface area contributed by atoms with Crippen LogP contribution in [0.25, 0.3) is 5.69 Å². The van der Waals surface area contributed by atoms with E-state index in [1.807, 2.05) is 0 Å². The van der Waals surface area contributed by atoms with Crippen molar-refractivity contribution in [1.82, 2.24) is 25.6 Å². The maximum Gasteiger partial charge on any atom is 0.274 e. The van der Waals surface area contributed by atoms with Crippen molar-refractivity contribution in [1.29, 1.82) is 0 Å². The molecule has 0 saturated heterocycles. The van der Waals surface area contributed by atoms with Crippen molar-refractivity contribution >= 4 is 11.8 Å². The summed E-state index contributed by atoms with van der Waals surface area (Å²) in [5.41, 5.74) is 1.11. The number of carbonyl (C=O) groups is 2. The van der Waals surface area contributed by atoms with Crippen LogP contribution in [0.4, 0.5) is 8.78 Å². The van der Waals surface area contributed by atoms with Crippen molar-refractivity contribution in [3.8, 4) is 11.4 Å². The monoisotopic (exact) mass is 415 g/mol. The zero-order valence-electron chi connectivity index (χ0n) is 16.4. The van der Waals surface area contributed by atoms with E-state index in [9.17, 15) is 18.4 Å². The highest BCUT2D eigenvalue weighted by molar-refractivity contribution is 5.97. The molecule has 1 atom stereocenters. The highest BCUT2D eigenvalue weighted by Gasteiger charge is 2.26. The molecule has 0 aliphatic rings. The van der Waals surface area contributed by atoms with Crippen LogP contribution in [0.1, 0.15) is 27.8 Å². The van der Waals surface area contributed by atoms with Gasteiger partial charge in [-0.3, -0.25) is 9.59 Å². The molecule has 0 bridgehead atoms. The fourth-order valence-electron chi connectivity index (χ4n) is 2.86. The number of hydrogen-bond donors (Lipinski definition) is 2. The Morgan fingerprint density at radius 2 is 1.90 bits per heavy atom. The second kappa shape index (κ2) is 8.68. The van der Waals surface area contributed by atoms with E-state index in [2.05, 4.69) is 20.9 Å². The van der Waals surface area contributed by atoms with Gasteiger partial charge in [-0.1, -0.05) is 17.3 Å². The lowest BCUT2D eigenvalue weighted by Crippen LogP contribution is -2.39. The van der Waals surface area contributed by atoms with Gasteiger partial charge in [0.25, 0.3) is 5.91 Å². The summed E-state index contributed by atoms with van der Waals surface area (Å²) in [6.07, 6.45) is 0. The number of rotatable bonds is 6. The second-order valence-electron chi connectivity index (χ2n) is 6.33. The third-order valence-electron chi connectivity index (χ3n) is 4.47. The van der Waals surface area contributed by atoms with Gasteiger partial charge in [0.05, 0.1) is 18.5 Å². The number of carbonyl (C=O) groups excluding carboxylic acids is 2. The number of halogens is 2. The summed E-state index contributed by atoms with van der Waals surface area (Å²) in [6.45, 7) is 1.64. The lowest BCUT2D eigenvalue weighted by atomic mass is 10.1. The smallest absolute Gasteiger partial charge is 0.274 e. The maximum absolute atomic E-state index is 13.6. The highest BCUT2D eigenvalue weighted by atomic mass is 19.2. The molecule has 0 saturated carbocycles. The molecule has 8 nitrogen and oxygen atoms in total. The van der Waals surface area contributed by atoms with Crippen LogP contribution >= 0.6 is 0 Å². The fraction of sp³-hybridized carbons (Fsp3) is 0.200. The minimum absolute atomic E-state index is 0.0192. The molecule has 10 heteroatoms. The molecule has 3 rings (SSSR count). The van der Waals surface area contributed by atoms with Crippen LogP contribution in [0, 0.1) is 18.6 Å². The molecule has 156 valence electrons. The molecule has 0 radical (unpaired) electrons. The molecule has 0 aliphatic carbocycles. The molecule has 2 amide bonds. The molecule has 1 aromatic heterocycles. The standard InChI is InChI=1S/C20H19F2N5O3/c1-11-17(25-26-27(11)13-5-4-6-14(10-13)30-3)20(29)24-18(19(28)23-2)12-7-8-15(21)16(22)9-12/h4-10,18H,1-3H3,(H,23,28)(H,24,29). The predicted octanol–water partition coefficient (Wildman–Crippen LogP) is 2.08. The number of ether oxygens (including phenoxy) is 1. The Morgan fingerprint density at radius 3 is 2.57 bits per heavy atom. The topological polar surface area (TPSA) is 98.1 Å². The first-order valence-electron chi connectivity index (χ1n) is 8.89. The first-order valence-corrected chi connectivity index (χ1v) is 8.89. The molecular weight excluding hydrogens is 396 g/mol. The molecule has 0 spiro atoms. The SMILES string of the molecule is CNC(=O)C(NC(=O)c1nnn(-c2cccc(OC)c2)c1C)c1ccc(F)c(F)c1. The van der Waals surface area contributed by atoms with E-state index in [1.165, 1.54) is 24.9 Å². The molecule has 2 N–H and O–H groups in total. The summed E-state index contributed by atoms with van der Waals surface area (Å²) < 4.78 is 33.5. The number of amides is 2. The van der Waals surface area contributed by atoms with Gasteiger partial charge in [-0.15, -0.1) is 5.10 Å². The molecule has 0 aliphatic heterocycles. The molecule has 1 heterocycles. The van der Waals surface area contributed by atoms with Gasteiger partial charge in [0.15, 0.2) is 17.3 Å². The van der Waals surface area contributed by atoms with Gasteiger partial charge in [0, 0.05) is 13.1 Å². The van der Waals surface area contributed by atoms with E-state index in [-0.39, 0.29) is 11.3 Å². The largest absolute Gasteiger partial charge is 0.497 e. The number of aromatic nitrogens is 3. The van der Waals surface area contributed by atoms with Crippen LogP contribution in [0.5, 0.6) is 5.75 Å². The van der Waals surface area contributed by atoms with Crippen LogP contribution in [0.15, 0.2) is 42.5 Å². The van der Waals surface area contributed by atoms with Crippen molar-refractivity contribution < 1.29 is 23.1 Å². The van der Waals surface area contributed by atoms with Gasteiger partial charge in [-0.25, -0.2) is 13.5 Å². The van der Waals surface area contributed by atoms with Crippen molar-refractivity contribution in [3.05, 3.63) is 71.1 Å². The average molecular weight is 415 g/mol. The second-order valence-corrected chi connectivity index (χ2v) is 6.33. The van der Waals surface area contributed by atoms with E-state index in [0.29, 0.717) is 17.1 Å². The van der Waals surface area contributed by atoms with E-state index >= 15 is 0 Å². The third kappa shape index (κ3) is 4.12. The molecular formula is C20H19F2N5O3. The van der Waals surface area contributed by atoms with E-state index in [1.54, 1.807) is 31.2 Å². The summed E-state index contributed by atoms with van der Waals surface area (Å²) in [5, 5.41) is 12.8. The Labute approximate surface area is 170 Å². The number of nitrogens with one attached hydrogen (secondary N) is 2. The van der Waals surface area contributed by atoms with Crippen LogP contribution < -0.4 is 15.4 Å². The number of likely N-dealkylation sites (N-methyl/N-ethyl adjacent to an activating group) is 1. The third-order valence-corrected chi connectivity index (χ3v) is 4.47. The summed E-state index contributed by atoms with van der Waals surface area (Å²) >= 11 is 0. The Morgan fingerprint density at radius 1 is 1.13 bits per heavy atom.